The number of anilines is 4. The minimum Gasteiger partial charge on any atom is -0.378 e. The van der Waals surface area contributed by atoms with Crippen LogP contribution in [0.4, 0.5) is 23.5 Å². The molecule has 0 atom stereocenters. The Balaban J connectivity index is 1.55. The first kappa shape index (κ1) is 18.6. The maximum atomic E-state index is 5.44. The van der Waals surface area contributed by atoms with E-state index in [1.165, 1.54) is 0 Å². The molecule has 0 bridgehead atoms. The fourth-order valence-electron chi connectivity index (χ4n) is 3.14. The van der Waals surface area contributed by atoms with Crippen LogP contribution in [-0.2, 0) is 4.74 Å². The number of nitrogens with one attached hydrogen (secondary N) is 2. The third-order valence-corrected chi connectivity index (χ3v) is 4.83. The molecule has 0 amide bonds. The Labute approximate surface area is 164 Å². The van der Waals surface area contributed by atoms with E-state index in [-0.39, 0.29) is 0 Å². The predicted molar refractivity (Wildman–Crippen MR) is 110 cm³/mol. The van der Waals surface area contributed by atoms with Gasteiger partial charge in [0.05, 0.1) is 13.2 Å². The summed E-state index contributed by atoms with van der Waals surface area (Å²) in [6.45, 7) is 4.91. The van der Waals surface area contributed by atoms with Gasteiger partial charge in [-0.05, 0) is 19.2 Å². The largest absolute Gasteiger partial charge is 0.378 e. The van der Waals surface area contributed by atoms with Crippen molar-refractivity contribution in [2.75, 3.05) is 62.1 Å². The molecular weight excluding hydrogens is 356 g/mol. The number of morpholine rings is 1. The molecule has 0 spiro atoms. The van der Waals surface area contributed by atoms with E-state index in [9.17, 15) is 0 Å². The standard InChI is InChI=1S/C19H26N8O/c1-26-9-7-16(8-10-26)24-25-18-21-17(20-15-5-3-2-4-6-15)22-19(23-18)27-11-13-28-14-12-27/h2-6H,7-14H2,1H3,(H2,20,21,22,23,25). The number of hydrazone groups is 1. The van der Waals surface area contributed by atoms with E-state index in [0.29, 0.717) is 31.1 Å². The number of piperidine rings is 1. The highest BCUT2D eigenvalue weighted by Gasteiger charge is 2.17. The number of aromatic nitrogens is 3. The number of ether oxygens (including phenoxy) is 1. The van der Waals surface area contributed by atoms with Crippen molar-refractivity contribution in [3.05, 3.63) is 30.3 Å². The lowest BCUT2D eigenvalue weighted by Crippen LogP contribution is -2.37. The van der Waals surface area contributed by atoms with Gasteiger partial charge in [0.15, 0.2) is 0 Å². The Morgan fingerprint density at radius 3 is 2.39 bits per heavy atom. The normalized spacial score (nSPS) is 18.0. The molecule has 9 heteroatoms. The van der Waals surface area contributed by atoms with Crippen molar-refractivity contribution < 1.29 is 4.74 Å². The Hall–Kier alpha value is -2.78. The third kappa shape index (κ3) is 4.93. The number of hydrogen-bond donors (Lipinski definition) is 2. The number of benzene rings is 1. The molecule has 1 aromatic carbocycles. The van der Waals surface area contributed by atoms with Crippen molar-refractivity contribution in [1.82, 2.24) is 19.9 Å². The van der Waals surface area contributed by atoms with Crippen LogP contribution in [0.1, 0.15) is 12.8 Å². The summed E-state index contributed by atoms with van der Waals surface area (Å²) in [6, 6.07) is 9.87. The third-order valence-electron chi connectivity index (χ3n) is 4.83. The lowest BCUT2D eigenvalue weighted by molar-refractivity contribution is 0.122. The van der Waals surface area contributed by atoms with Crippen molar-refractivity contribution in [2.24, 2.45) is 5.10 Å². The number of likely N-dealkylation sites (tertiary alicyclic amines) is 1. The highest BCUT2D eigenvalue weighted by atomic mass is 16.5. The smallest absolute Gasteiger partial charge is 0.250 e. The fraction of sp³-hybridized carbons (Fsp3) is 0.474. The van der Waals surface area contributed by atoms with Gasteiger partial charge in [0.25, 0.3) is 0 Å². The summed E-state index contributed by atoms with van der Waals surface area (Å²) in [5.74, 6) is 1.57. The van der Waals surface area contributed by atoms with Gasteiger partial charge in [-0.25, -0.2) is 5.43 Å². The van der Waals surface area contributed by atoms with Gasteiger partial charge in [-0.3, -0.25) is 0 Å². The minimum atomic E-state index is 0.446. The summed E-state index contributed by atoms with van der Waals surface area (Å²) in [7, 11) is 2.13. The summed E-state index contributed by atoms with van der Waals surface area (Å²) in [5.41, 5.74) is 5.11. The molecule has 2 aliphatic heterocycles. The van der Waals surface area contributed by atoms with Gasteiger partial charge in [0.1, 0.15) is 0 Å². The summed E-state index contributed by atoms with van der Waals surface area (Å²) in [5, 5.41) is 7.79. The second kappa shape index (κ2) is 8.94. The topological polar surface area (TPSA) is 90.8 Å². The molecular formula is C19H26N8O. The molecule has 0 unspecified atom stereocenters. The second-order valence-electron chi connectivity index (χ2n) is 6.97. The van der Waals surface area contributed by atoms with Crippen molar-refractivity contribution in [2.45, 2.75) is 12.8 Å². The number of nitrogens with zero attached hydrogens (tertiary/aromatic N) is 6. The van der Waals surface area contributed by atoms with Crippen LogP contribution in [0.25, 0.3) is 0 Å². The van der Waals surface area contributed by atoms with Crippen LogP contribution in [0.5, 0.6) is 0 Å². The molecule has 3 heterocycles. The molecule has 2 N–H and O–H groups in total. The predicted octanol–water partition coefficient (Wildman–Crippen LogP) is 1.95. The van der Waals surface area contributed by atoms with Crippen LogP contribution < -0.4 is 15.6 Å². The van der Waals surface area contributed by atoms with Crippen LogP contribution >= 0.6 is 0 Å². The molecule has 0 aliphatic carbocycles. The molecule has 2 fully saturated rings. The molecule has 2 saturated heterocycles. The average molecular weight is 382 g/mol. The maximum Gasteiger partial charge on any atom is 0.250 e. The van der Waals surface area contributed by atoms with Gasteiger partial charge in [0, 0.05) is 50.4 Å². The Morgan fingerprint density at radius 2 is 1.64 bits per heavy atom. The zero-order valence-corrected chi connectivity index (χ0v) is 16.1. The van der Waals surface area contributed by atoms with Gasteiger partial charge in [-0.2, -0.15) is 20.1 Å². The number of rotatable bonds is 5. The first-order valence-electron chi connectivity index (χ1n) is 9.67. The average Bonchev–Trinajstić information content (AvgIpc) is 2.75. The lowest BCUT2D eigenvalue weighted by Gasteiger charge is -2.27. The van der Waals surface area contributed by atoms with E-state index in [1.807, 2.05) is 30.3 Å². The SMILES string of the molecule is CN1CCC(=NNc2nc(Nc3ccccc3)nc(N3CCOCC3)n2)CC1. The van der Waals surface area contributed by atoms with Gasteiger partial charge >= 0.3 is 0 Å². The van der Waals surface area contributed by atoms with Crippen molar-refractivity contribution in [1.29, 1.82) is 0 Å². The maximum absolute atomic E-state index is 5.44. The van der Waals surface area contributed by atoms with Crippen LogP contribution in [0, 0.1) is 0 Å². The summed E-state index contributed by atoms with van der Waals surface area (Å²) >= 11 is 0. The Bertz CT molecular complexity index is 797. The molecule has 1 aromatic heterocycles. The summed E-state index contributed by atoms with van der Waals surface area (Å²) < 4.78 is 5.44. The van der Waals surface area contributed by atoms with Crippen LogP contribution in [0.2, 0.25) is 0 Å². The molecule has 9 nitrogen and oxygen atoms in total. The first-order chi connectivity index (χ1) is 13.8. The molecule has 0 saturated carbocycles. The molecule has 2 aliphatic rings. The van der Waals surface area contributed by atoms with Crippen molar-refractivity contribution in [3.8, 4) is 0 Å². The van der Waals surface area contributed by atoms with Crippen LogP contribution in [0.3, 0.4) is 0 Å². The number of para-hydroxylation sites is 1. The van der Waals surface area contributed by atoms with Crippen LogP contribution in [-0.4, -0.2) is 72.0 Å². The Kier molecular flexibility index (Phi) is 5.93. The monoisotopic (exact) mass is 382 g/mol. The highest BCUT2D eigenvalue weighted by molar-refractivity contribution is 5.86. The zero-order chi connectivity index (χ0) is 19.2. The van der Waals surface area contributed by atoms with Gasteiger partial charge in [-0.15, -0.1) is 0 Å². The van der Waals surface area contributed by atoms with E-state index in [2.05, 4.69) is 47.6 Å². The minimum absolute atomic E-state index is 0.446. The van der Waals surface area contributed by atoms with Gasteiger partial charge in [-0.1, -0.05) is 18.2 Å². The molecule has 28 heavy (non-hydrogen) atoms. The van der Waals surface area contributed by atoms with E-state index in [0.717, 1.165) is 50.4 Å². The summed E-state index contributed by atoms with van der Waals surface area (Å²) in [6.07, 6.45) is 1.92. The van der Waals surface area contributed by atoms with Crippen molar-refractivity contribution in [3.63, 3.8) is 0 Å². The second-order valence-corrected chi connectivity index (χ2v) is 6.97. The summed E-state index contributed by atoms with van der Waals surface area (Å²) in [4.78, 5) is 18.1. The molecule has 148 valence electrons. The zero-order valence-electron chi connectivity index (χ0n) is 16.1. The van der Waals surface area contributed by atoms with Crippen molar-refractivity contribution >= 4 is 29.2 Å². The van der Waals surface area contributed by atoms with Gasteiger partial charge in [0.2, 0.25) is 17.8 Å². The van der Waals surface area contributed by atoms with E-state index >= 15 is 0 Å². The first-order valence-corrected chi connectivity index (χ1v) is 9.67. The molecule has 2 aromatic rings. The quantitative estimate of drug-likeness (QED) is 0.759. The molecule has 4 rings (SSSR count). The Morgan fingerprint density at radius 1 is 0.929 bits per heavy atom. The van der Waals surface area contributed by atoms with Crippen LogP contribution in [0.15, 0.2) is 35.4 Å². The fourth-order valence-corrected chi connectivity index (χ4v) is 3.14. The van der Waals surface area contributed by atoms with E-state index in [4.69, 9.17) is 4.74 Å². The molecule has 0 radical (unpaired) electrons. The highest BCUT2D eigenvalue weighted by Crippen LogP contribution is 2.18. The van der Waals surface area contributed by atoms with Gasteiger partial charge < -0.3 is 19.9 Å². The van der Waals surface area contributed by atoms with E-state index in [1.54, 1.807) is 0 Å². The van der Waals surface area contributed by atoms with E-state index < -0.39 is 0 Å². The lowest BCUT2D eigenvalue weighted by atomic mass is 10.1. The number of hydrogen-bond acceptors (Lipinski definition) is 9.